The van der Waals surface area contributed by atoms with Crippen molar-refractivity contribution in [2.24, 2.45) is 0 Å². The third kappa shape index (κ3) is 1.94. The smallest absolute Gasteiger partial charge is 0.00781 e. The minimum atomic E-state index is 1.21. The topological polar surface area (TPSA) is 15.8 Å². The Morgan fingerprint density at radius 3 is 2.90 bits per heavy atom. The molecular weight excluding hydrogens is 122 g/mol. The van der Waals surface area contributed by atoms with Crippen LogP contribution in [0.5, 0.6) is 0 Å². The summed E-state index contributed by atoms with van der Waals surface area (Å²) < 4.78 is 0. The Kier molecular flexibility index (Phi) is 2.56. The molecule has 0 spiro atoms. The van der Waals surface area contributed by atoms with Crippen molar-refractivity contribution in [2.45, 2.75) is 6.92 Å². The van der Waals surface area contributed by atoms with E-state index in [0.29, 0.717) is 0 Å². The van der Waals surface area contributed by atoms with Crippen LogP contribution in [0.4, 0.5) is 0 Å². The minimum Gasteiger partial charge on any atom is -0.367 e. The first-order valence-electron chi connectivity index (χ1n) is 3.35. The number of hydrogen-bond acceptors (Lipinski definition) is 0. The Hall–Kier alpha value is -1.24. The molecule has 1 heterocycles. The van der Waals surface area contributed by atoms with E-state index in [1.807, 2.05) is 43.6 Å². The maximum Gasteiger partial charge on any atom is 0.00781 e. The fourth-order valence-corrected chi connectivity index (χ4v) is 0.718. The molecule has 0 bridgehead atoms. The fourth-order valence-electron chi connectivity index (χ4n) is 0.718. The van der Waals surface area contributed by atoms with Crippen molar-refractivity contribution < 1.29 is 0 Å². The Bertz CT molecular complexity index is 217. The van der Waals surface area contributed by atoms with Gasteiger partial charge in [0.15, 0.2) is 0 Å². The molecular formula is C9H11N. The predicted octanol–water partition coefficient (Wildman–Crippen LogP) is 2.60. The standard InChI is InChI=1S/C9H11N/c1-2-3-4-5-9-6-7-10-8-9/h2-8,10H,1H3. The van der Waals surface area contributed by atoms with Crippen molar-refractivity contribution in [3.05, 3.63) is 42.3 Å². The third-order valence-corrected chi connectivity index (χ3v) is 1.21. The second-order valence-corrected chi connectivity index (χ2v) is 2.03. The van der Waals surface area contributed by atoms with Gasteiger partial charge >= 0.3 is 0 Å². The summed E-state index contributed by atoms with van der Waals surface area (Å²) in [5.74, 6) is 0. The van der Waals surface area contributed by atoms with Gasteiger partial charge in [-0.05, 0) is 18.6 Å². The highest BCUT2D eigenvalue weighted by Crippen LogP contribution is 1.98. The van der Waals surface area contributed by atoms with Crippen molar-refractivity contribution in [1.29, 1.82) is 0 Å². The summed E-state index contributed by atoms with van der Waals surface area (Å²) >= 11 is 0. The van der Waals surface area contributed by atoms with Crippen LogP contribution in [0.1, 0.15) is 12.5 Å². The van der Waals surface area contributed by atoms with Crippen LogP contribution in [0.3, 0.4) is 0 Å². The molecule has 0 atom stereocenters. The summed E-state index contributed by atoms with van der Waals surface area (Å²) in [4.78, 5) is 2.98. The molecule has 0 saturated heterocycles. The molecule has 1 rings (SSSR count). The van der Waals surface area contributed by atoms with Gasteiger partial charge in [-0.25, -0.2) is 0 Å². The zero-order valence-electron chi connectivity index (χ0n) is 6.04. The first-order valence-corrected chi connectivity index (χ1v) is 3.35. The molecule has 0 aliphatic rings. The largest absolute Gasteiger partial charge is 0.367 e. The van der Waals surface area contributed by atoms with Crippen LogP contribution in [-0.2, 0) is 0 Å². The zero-order valence-corrected chi connectivity index (χ0v) is 6.04. The summed E-state index contributed by atoms with van der Waals surface area (Å²) in [6.45, 7) is 2.00. The molecule has 0 fully saturated rings. The van der Waals surface area contributed by atoms with E-state index in [0.717, 1.165) is 0 Å². The average molecular weight is 133 g/mol. The van der Waals surface area contributed by atoms with Gasteiger partial charge in [0.05, 0.1) is 0 Å². The van der Waals surface area contributed by atoms with E-state index >= 15 is 0 Å². The molecule has 1 heteroatoms. The number of aromatic nitrogens is 1. The van der Waals surface area contributed by atoms with Crippen LogP contribution in [-0.4, -0.2) is 4.98 Å². The maximum absolute atomic E-state index is 2.98. The van der Waals surface area contributed by atoms with E-state index in [1.54, 1.807) is 0 Å². The van der Waals surface area contributed by atoms with Crippen LogP contribution in [0, 0.1) is 0 Å². The normalized spacial score (nSPS) is 11.7. The van der Waals surface area contributed by atoms with E-state index in [9.17, 15) is 0 Å². The molecule has 1 aromatic heterocycles. The fraction of sp³-hybridized carbons (Fsp3) is 0.111. The highest BCUT2D eigenvalue weighted by molar-refractivity contribution is 5.49. The predicted molar refractivity (Wildman–Crippen MR) is 44.6 cm³/mol. The first-order chi connectivity index (χ1) is 4.93. The molecule has 0 aliphatic heterocycles. The summed E-state index contributed by atoms with van der Waals surface area (Å²) in [5, 5.41) is 0. The van der Waals surface area contributed by atoms with Crippen LogP contribution >= 0.6 is 0 Å². The van der Waals surface area contributed by atoms with Gasteiger partial charge < -0.3 is 4.98 Å². The monoisotopic (exact) mass is 133 g/mol. The van der Waals surface area contributed by atoms with Crippen LogP contribution in [0.15, 0.2) is 36.7 Å². The number of rotatable bonds is 2. The highest BCUT2D eigenvalue weighted by Gasteiger charge is 1.79. The molecule has 1 nitrogen and oxygen atoms in total. The quantitative estimate of drug-likeness (QED) is 0.597. The Labute approximate surface area is 61.1 Å². The molecule has 1 N–H and O–H groups in total. The molecule has 0 aliphatic carbocycles. The lowest BCUT2D eigenvalue weighted by atomic mass is 10.3. The summed E-state index contributed by atoms with van der Waals surface area (Å²) in [7, 11) is 0. The van der Waals surface area contributed by atoms with Gasteiger partial charge in [0.1, 0.15) is 0 Å². The molecule has 0 unspecified atom stereocenters. The third-order valence-electron chi connectivity index (χ3n) is 1.21. The number of H-pyrrole nitrogens is 1. The minimum absolute atomic E-state index is 1.21. The highest BCUT2D eigenvalue weighted by atomic mass is 14.6. The molecule has 0 amide bonds. The van der Waals surface area contributed by atoms with Crippen molar-refractivity contribution >= 4 is 6.08 Å². The van der Waals surface area contributed by atoms with Crippen LogP contribution in [0.2, 0.25) is 0 Å². The van der Waals surface area contributed by atoms with Crippen molar-refractivity contribution in [3.63, 3.8) is 0 Å². The lowest BCUT2D eigenvalue weighted by molar-refractivity contribution is 1.41. The van der Waals surface area contributed by atoms with Crippen LogP contribution in [0.25, 0.3) is 6.08 Å². The number of allylic oxidation sites excluding steroid dienone is 3. The summed E-state index contributed by atoms with van der Waals surface area (Å²) in [6, 6.07) is 2.03. The SMILES string of the molecule is CC=CC=Cc1cc[nH]c1. The number of hydrogen-bond donors (Lipinski definition) is 1. The van der Waals surface area contributed by atoms with E-state index in [2.05, 4.69) is 11.1 Å². The Balaban J connectivity index is 2.55. The van der Waals surface area contributed by atoms with Crippen molar-refractivity contribution in [2.75, 3.05) is 0 Å². The molecule has 0 saturated carbocycles. The molecule has 52 valence electrons. The number of aromatic amines is 1. The first kappa shape index (κ1) is 6.87. The van der Waals surface area contributed by atoms with Gasteiger partial charge in [-0.3, -0.25) is 0 Å². The number of nitrogens with one attached hydrogen (secondary N) is 1. The van der Waals surface area contributed by atoms with Crippen molar-refractivity contribution in [3.8, 4) is 0 Å². The molecule has 10 heavy (non-hydrogen) atoms. The molecule has 0 aromatic carbocycles. The van der Waals surface area contributed by atoms with Gasteiger partial charge in [0.2, 0.25) is 0 Å². The lowest BCUT2D eigenvalue weighted by Crippen LogP contribution is -1.57. The second-order valence-electron chi connectivity index (χ2n) is 2.03. The van der Waals surface area contributed by atoms with E-state index < -0.39 is 0 Å². The second kappa shape index (κ2) is 3.72. The van der Waals surface area contributed by atoms with Gasteiger partial charge in [-0.15, -0.1) is 0 Å². The van der Waals surface area contributed by atoms with Crippen molar-refractivity contribution in [1.82, 2.24) is 4.98 Å². The average Bonchev–Trinajstić information content (AvgIpc) is 2.41. The zero-order chi connectivity index (χ0) is 7.23. The van der Waals surface area contributed by atoms with Crippen LogP contribution < -0.4 is 0 Å². The van der Waals surface area contributed by atoms with E-state index in [-0.39, 0.29) is 0 Å². The Morgan fingerprint density at radius 1 is 1.40 bits per heavy atom. The van der Waals surface area contributed by atoms with Gasteiger partial charge in [0.25, 0.3) is 0 Å². The van der Waals surface area contributed by atoms with Gasteiger partial charge in [-0.1, -0.05) is 24.3 Å². The van der Waals surface area contributed by atoms with E-state index in [1.165, 1.54) is 5.56 Å². The lowest BCUT2D eigenvalue weighted by Gasteiger charge is -1.77. The summed E-state index contributed by atoms with van der Waals surface area (Å²) in [5.41, 5.74) is 1.21. The van der Waals surface area contributed by atoms with Gasteiger partial charge in [0, 0.05) is 12.4 Å². The molecule has 0 radical (unpaired) electrons. The Morgan fingerprint density at radius 2 is 2.30 bits per heavy atom. The van der Waals surface area contributed by atoms with E-state index in [4.69, 9.17) is 0 Å². The summed E-state index contributed by atoms with van der Waals surface area (Å²) in [6.07, 6.45) is 11.9. The van der Waals surface area contributed by atoms with Gasteiger partial charge in [-0.2, -0.15) is 0 Å². The molecule has 1 aromatic rings. The maximum atomic E-state index is 2.98.